The summed E-state index contributed by atoms with van der Waals surface area (Å²) in [6, 6.07) is 36.1. The molecular weight excluding hydrogens is 665 g/mol. The van der Waals surface area contributed by atoms with Crippen LogP contribution < -0.4 is 50.8 Å². The summed E-state index contributed by atoms with van der Waals surface area (Å²) in [7, 11) is -2.62. The third-order valence-electron chi connectivity index (χ3n) is 6.10. The topological polar surface area (TPSA) is 45.8 Å². The molecule has 4 aromatic carbocycles. The van der Waals surface area contributed by atoms with Gasteiger partial charge in [-0.25, -0.2) is 4.98 Å². The number of H-pyrrole nitrogens is 1. The molecule has 1 N–H and O–H groups in total. The quantitative estimate of drug-likeness (QED) is 0.123. The lowest BCUT2D eigenvalue weighted by Crippen LogP contribution is -3.00. The molecule has 0 aliphatic heterocycles. The fourth-order valence-corrected chi connectivity index (χ4v) is 10.6. The summed E-state index contributed by atoms with van der Waals surface area (Å²) >= 11 is 14.2. The molecular formula is C30H24Cl2IN2OPS. The van der Waals surface area contributed by atoms with E-state index in [1.54, 1.807) is 30.0 Å². The Kier molecular flexibility index (Phi) is 9.72. The summed E-state index contributed by atoms with van der Waals surface area (Å²) in [5, 5.41) is 5.64. The lowest BCUT2D eigenvalue weighted by Gasteiger charge is -2.28. The highest BCUT2D eigenvalue weighted by molar-refractivity contribution is 8.04. The molecule has 5 aromatic rings. The lowest BCUT2D eigenvalue weighted by molar-refractivity contribution is -0.00000711. The highest BCUT2D eigenvalue weighted by Gasteiger charge is 2.52. The van der Waals surface area contributed by atoms with Crippen LogP contribution >= 0.6 is 42.2 Å². The molecule has 0 atom stereocenters. The van der Waals surface area contributed by atoms with Gasteiger partial charge in [0.1, 0.15) is 26.8 Å². The van der Waals surface area contributed by atoms with Crippen molar-refractivity contribution in [2.24, 2.45) is 0 Å². The summed E-state index contributed by atoms with van der Waals surface area (Å²) in [5.74, 6) is 1.19. The van der Waals surface area contributed by atoms with Gasteiger partial charge in [0.05, 0.1) is 5.02 Å². The summed E-state index contributed by atoms with van der Waals surface area (Å²) in [4.78, 5) is 22.4. The molecule has 0 fully saturated rings. The molecule has 0 bridgehead atoms. The fraction of sp³-hybridized carbons (Fsp3) is 0.0667. The number of nitrogens with one attached hydrogen (secondary N) is 1. The maximum atomic E-state index is 14.3. The molecule has 0 amide bonds. The Hall–Kier alpha value is -2.15. The van der Waals surface area contributed by atoms with Crippen molar-refractivity contribution in [1.82, 2.24) is 9.97 Å². The second kappa shape index (κ2) is 12.8. The average Bonchev–Trinajstić information content (AvgIpc) is 2.92. The fourth-order valence-electron chi connectivity index (χ4n) is 4.58. The molecule has 5 rings (SSSR count). The largest absolute Gasteiger partial charge is 1.00 e. The molecule has 0 unspecified atom stereocenters. The van der Waals surface area contributed by atoms with E-state index >= 15 is 0 Å². The molecule has 1 heterocycles. The first kappa shape index (κ1) is 28.8. The van der Waals surface area contributed by atoms with Crippen molar-refractivity contribution in [1.29, 1.82) is 0 Å². The lowest BCUT2D eigenvalue weighted by atomic mass is 10.2. The molecule has 38 heavy (non-hydrogen) atoms. The molecule has 8 heteroatoms. The van der Waals surface area contributed by atoms with Crippen LogP contribution in [0.15, 0.2) is 119 Å². The predicted octanol–water partition coefficient (Wildman–Crippen LogP) is 3.48. The zero-order valence-corrected chi connectivity index (χ0v) is 25.8. The number of hydrogen-bond donors (Lipinski definition) is 1. The molecule has 0 saturated heterocycles. The summed E-state index contributed by atoms with van der Waals surface area (Å²) in [6.45, 7) is 2.07. The maximum absolute atomic E-state index is 14.3. The van der Waals surface area contributed by atoms with Gasteiger partial charge in [0.2, 0.25) is 5.30 Å². The average molecular weight is 689 g/mol. The van der Waals surface area contributed by atoms with Crippen LogP contribution in [0, 0.1) is 0 Å². The van der Waals surface area contributed by atoms with Crippen molar-refractivity contribution in [2.45, 2.75) is 11.9 Å². The molecule has 0 spiro atoms. The summed E-state index contributed by atoms with van der Waals surface area (Å²) < 4.78 is 0. The van der Waals surface area contributed by atoms with Crippen LogP contribution in [0.1, 0.15) is 6.92 Å². The van der Waals surface area contributed by atoms with Crippen molar-refractivity contribution in [3.05, 3.63) is 130 Å². The van der Waals surface area contributed by atoms with Crippen LogP contribution in [0.5, 0.6) is 0 Å². The summed E-state index contributed by atoms with van der Waals surface area (Å²) in [5.41, 5.74) is 0.465. The summed E-state index contributed by atoms with van der Waals surface area (Å²) in [6.07, 6.45) is 0. The number of thioether (sulfide) groups is 1. The van der Waals surface area contributed by atoms with Gasteiger partial charge >= 0.3 is 0 Å². The Balaban J connectivity index is 0.00000336. The van der Waals surface area contributed by atoms with E-state index in [0.29, 0.717) is 31.8 Å². The van der Waals surface area contributed by atoms with Gasteiger partial charge in [0, 0.05) is 10.6 Å². The monoisotopic (exact) mass is 688 g/mol. The number of aromatic amines is 1. The van der Waals surface area contributed by atoms with Crippen LogP contribution in [0.4, 0.5) is 0 Å². The highest BCUT2D eigenvalue weighted by Crippen LogP contribution is 2.54. The first-order valence-electron chi connectivity index (χ1n) is 11.8. The molecule has 192 valence electrons. The van der Waals surface area contributed by atoms with Crippen molar-refractivity contribution >= 4 is 63.4 Å². The zero-order chi connectivity index (χ0) is 25.8. The Morgan fingerprint density at radius 1 is 0.789 bits per heavy atom. The molecule has 0 radical (unpaired) electrons. The number of nitrogens with zero attached hydrogens (tertiary/aromatic N) is 1. The van der Waals surface area contributed by atoms with Gasteiger partial charge in [-0.2, -0.15) is 0 Å². The van der Waals surface area contributed by atoms with E-state index in [9.17, 15) is 4.79 Å². The van der Waals surface area contributed by atoms with Gasteiger partial charge in [-0.3, -0.25) is 4.79 Å². The van der Waals surface area contributed by atoms with Gasteiger partial charge in [-0.15, -0.1) is 11.8 Å². The minimum absolute atomic E-state index is 0. The van der Waals surface area contributed by atoms with E-state index in [1.807, 2.05) is 54.6 Å². The van der Waals surface area contributed by atoms with Gasteiger partial charge in [-0.1, -0.05) is 84.7 Å². The second-order valence-corrected chi connectivity index (χ2v) is 13.7. The van der Waals surface area contributed by atoms with Gasteiger partial charge in [0.25, 0.3) is 5.56 Å². The number of hydrogen-bond acceptors (Lipinski definition) is 3. The molecule has 0 aliphatic rings. The number of aromatic nitrogens is 2. The molecule has 0 saturated carbocycles. The van der Waals surface area contributed by atoms with Crippen molar-refractivity contribution in [2.75, 3.05) is 5.75 Å². The van der Waals surface area contributed by atoms with Crippen LogP contribution in [-0.2, 0) is 0 Å². The Labute approximate surface area is 254 Å². The first-order chi connectivity index (χ1) is 18.1. The van der Waals surface area contributed by atoms with Crippen LogP contribution in [0.2, 0.25) is 10.0 Å². The molecule has 0 aliphatic carbocycles. The maximum Gasteiger partial charge on any atom is 0.296 e. The number of halogens is 3. The third kappa shape index (κ3) is 5.45. The van der Waals surface area contributed by atoms with E-state index in [-0.39, 0.29) is 29.5 Å². The molecule has 1 aromatic heterocycles. The van der Waals surface area contributed by atoms with E-state index in [0.717, 1.165) is 21.7 Å². The Morgan fingerprint density at radius 2 is 1.29 bits per heavy atom. The molecule has 3 nitrogen and oxygen atoms in total. The normalized spacial score (nSPS) is 11.1. The number of rotatable bonds is 7. The van der Waals surface area contributed by atoms with Crippen molar-refractivity contribution in [3.8, 4) is 11.4 Å². The van der Waals surface area contributed by atoms with Crippen LogP contribution in [-0.4, -0.2) is 15.7 Å². The van der Waals surface area contributed by atoms with E-state index in [4.69, 9.17) is 28.2 Å². The Bertz CT molecular complexity index is 1490. The van der Waals surface area contributed by atoms with E-state index in [2.05, 4.69) is 48.3 Å². The van der Waals surface area contributed by atoms with Crippen molar-refractivity contribution < 1.29 is 24.0 Å². The standard InChI is InChI=1S/C30H23Cl2N2OPS.HI/c1-2-37-30-27(29(35)33-28(34-30)25-19-18-21(31)20-26(25)32)36(22-12-6-3-7-13-22,23-14-8-4-9-15-23)24-16-10-5-11-17-24;/h3-20H,2H2,1H3;1H. The first-order valence-corrected chi connectivity index (χ1v) is 15.4. The predicted molar refractivity (Wildman–Crippen MR) is 161 cm³/mol. The van der Waals surface area contributed by atoms with E-state index < -0.39 is 7.26 Å². The van der Waals surface area contributed by atoms with Crippen LogP contribution in [0.25, 0.3) is 11.4 Å². The van der Waals surface area contributed by atoms with Gasteiger partial charge < -0.3 is 29.0 Å². The highest BCUT2D eigenvalue weighted by atomic mass is 127. The zero-order valence-electron chi connectivity index (χ0n) is 20.4. The Morgan fingerprint density at radius 3 is 1.74 bits per heavy atom. The second-order valence-electron chi connectivity index (χ2n) is 8.30. The van der Waals surface area contributed by atoms with Gasteiger partial charge in [-0.05, 0) is 60.4 Å². The minimum Gasteiger partial charge on any atom is -1.00 e. The van der Waals surface area contributed by atoms with E-state index in [1.165, 1.54) is 0 Å². The third-order valence-corrected chi connectivity index (χ3v) is 12.0. The smallest absolute Gasteiger partial charge is 0.296 e. The number of benzene rings is 4. The van der Waals surface area contributed by atoms with Crippen LogP contribution in [0.3, 0.4) is 0 Å². The minimum atomic E-state index is -2.62. The van der Waals surface area contributed by atoms with Gasteiger partial charge in [0.15, 0.2) is 7.26 Å². The van der Waals surface area contributed by atoms with Crippen molar-refractivity contribution in [3.63, 3.8) is 0 Å². The SMILES string of the molecule is CCSc1nc(-c2ccc(Cl)cc2Cl)[nH]c(=O)c1[P+](c1ccccc1)(c1ccccc1)c1ccccc1.[I-].